The van der Waals surface area contributed by atoms with Crippen molar-refractivity contribution in [2.45, 2.75) is 19.3 Å². The second-order valence-electron chi connectivity index (χ2n) is 5.16. The van der Waals surface area contributed by atoms with Gasteiger partial charge in [-0.05, 0) is 36.6 Å². The highest BCUT2D eigenvalue weighted by molar-refractivity contribution is 5.81. The maximum atomic E-state index is 12.1. The summed E-state index contributed by atoms with van der Waals surface area (Å²) in [5.74, 6) is 0.156. The van der Waals surface area contributed by atoms with E-state index < -0.39 is 0 Å². The number of rotatable bonds is 4. The predicted molar refractivity (Wildman–Crippen MR) is 79.3 cm³/mol. The molecule has 0 saturated carbocycles. The standard InChI is InChI=1S/C15H20N4O/c1-18(11-15(20)19-8-2-3-9-19)13-4-5-14(17)12(10-13)6-7-16/h4-5,10H,2-3,6,8-9,11,17H2,1H3. The highest BCUT2D eigenvalue weighted by atomic mass is 16.2. The molecule has 1 aromatic rings. The summed E-state index contributed by atoms with van der Waals surface area (Å²) in [5.41, 5.74) is 8.18. The van der Waals surface area contributed by atoms with E-state index in [2.05, 4.69) is 6.07 Å². The molecule has 1 heterocycles. The molecular weight excluding hydrogens is 252 g/mol. The maximum absolute atomic E-state index is 12.1. The number of nitrogens with two attached hydrogens (primary N) is 1. The minimum atomic E-state index is 0.156. The molecule has 2 rings (SSSR count). The van der Waals surface area contributed by atoms with E-state index in [4.69, 9.17) is 11.0 Å². The summed E-state index contributed by atoms with van der Waals surface area (Å²) in [6.07, 6.45) is 2.49. The second kappa shape index (κ2) is 6.29. The van der Waals surface area contributed by atoms with Crippen molar-refractivity contribution in [1.82, 2.24) is 4.90 Å². The van der Waals surface area contributed by atoms with Crippen LogP contribution < -0.4 is 10.6 Å². The average molecular weight is 272 g/mol. The predicted octanol–water partition coefficient (Wildman–Crippen LogP) is 1.39. The van der Waals surface area contributed by atoms with Gasteiger partial charge in [-0.2, -0.15) is 5.26 Å². The Bertz CT molecular complexity index is 529. The summed E-state index contributed by atoms with van der Waals surface area (Å²) in [6.45, 7) is 2.10. The fourth-order valence-electron chi connectivity index (χ4n) is 2.43. The second-order valence-corrected chi connectivity index (χ2v) is 5.16. The van der Waals surface area contributed by atoms with Gasteiger partial charge >= 0.3 is 0 Å². The lowest BCUT2D eigenvalue weighted by Crippen LogP contribution is -2.37. The van der Waals surface area contributed by atoms with Gasteiger partial charge in [-0.25, -0.2) is 0 Å². The van der Waals surface area contributed by atoms with Crippen LogP contribution in [0, 0.1) is 11.3 Å². The van der Waals surface area contributed by atoms with Crippen LogP contribution in [0.15, 0.2) is 18.2 Å². The topological polar surface area (TPSA) is 73.4 Å². The molecule has 2 N–H and O–H groups in total. The zero-order valence-electron chi connectivity index (χ0n) is 11.8. The lowest BCUT2D eigenvalue weighted by Gasteiger charge is -2.23. The number of anilines is 2. The molecule has 0 atom stereocenters. The number of nitrogens with zero attached hydrogens (tertiary/aromatic N) is 3. The molecule has 5 heteroatoms. The molecule has 0 unspecified atom stereocenters. The van der Waals surface area contributed by atoms with Gasteiger partial charge in [-0.1, -0.05) is 0 Å². The van der Waals surface area contributed by atoms with Crippen LogP contribution in [0.2, 0.25) is 0 Å². The zero-order chi connectivity index (χ0) is 14.5. The molecule has 1 aliphatic rings. The smallest absolute Gasteiger partial charge is 0.242 e. The molecule has 0 aromatic heterocycles. The van der Waals surface area contributed by atoms with Crippen LogP contribution in [0.1, 0.15) is 18.4 Å². The molecule has 1 aliphatic heterocycles. The normalized spacial score (nSPS) is 14.1. The summed E-state index contributed by atoms with van der Waals surface area (Å²) in [5, 5.41) is 8.78. The molecule has 106 valence electrons. The van der Waals surface area contributed by atoms with Crippen LogP contribution in [0.3, 0.4) is 0 Å². The van der Waals surface area contributed by atoms with Gasteiger partial charge in [-0.15, -0.1) is 0 Å². The first-order valence-electron chi connectivity index (χ1n) is 6.86. The largest absolute Gasteiger partial charge is 0.398 e. The number of carbonyl (C=O) groups excluding carboxylic acids is 1. The molecule has 1 aromatic carbocycles. The molecule has 20 heavy (non-hydrogen) atoms. The van der Waals surface area contributed by atoms with Gasteiger partial charge < -0.3 is 15.5 Å². The Morgan fingerprint density at radius 1 is 1.45 bits per heavy atom. The highest BCUT2D eigenvalue weighted by Gasteiger charge is 2.19. The molecule has 0 bridgehead atoms. The van der Waals surface area contributed by atoms with Gasteiger partial charge in [0.05, 0.1) is 19.0 Å². The van der Waals surface area contributed by atoms with Crippen molar-refractivity contribution in [1.29, 1.82) is 5.26 Å². The molecule has 0 spiro atoms. The number of hydrogen-bond donors (Lipinski definition) is 1. The number of nitrogen functional groups attached to an aromatic ring is 1. The van der Waals surface area contributed by atoms with Gasteiger partial charge in [0.25, 0.3) is 0 Å². The number of likely N-dealkylation sites (tertiary alicyclic amines) is 1. The van der Waals surface area contributed by atoms with Crippen LogP contribution in [-0.2, 0) is 11.2 Å². The van der Waals surface area contributed by atoms with E-state index in [0.29, 0.717) is 12.2 Å². The average Bonchev–Trinajstić information content (AvgIpc) is 2.95. The van der Waals surface area contributed by atoms with Crippen molar-refractivity contribution >= 4 is 17.3 Å². The number of amides is 1. The quantitative estimate of drug-likeness (QED) is 0.841. The fraction of sp³-hybridized carbons (Fsp3) is 0.467. The lowest BCUT2D eigenvalue weighted by molar-refractivity contribution is -0.128. The van der Waals surface area contributed by atoms with E-state index in [1.165, 1.54) is 0 Å². The van der Waals surface area contributed by atoms with Crippen molar-refractivity contribution in [2.24, 2.45) is 0 Å². The molecule has 1 amide bonds. The van der Waals surface area contributed by atoms with Crippen LogP contribution >= 0.6 is 0 Å². The summed E-state index contributed by atoms with van der Waals surface area (Å²) >= 11 is 0. The van der Waals surface area contributed by atoms with Gasteiger partial charge in [0.1, 0.15) is 0 Å². The zero-order valence-corrected chi connectivity index (χ0v) is 11.8. The molecule has 5 nitrogen and oxygen atoms in total. The highest BCUT2D eigenvalue weighted by Crippen LogP contribution is 2.21. The third-order valence-electron chi connectivity index (χ3n) is 3.67. The van der Waals surface area contributed by atoms with E-state index in [-0.39, 0.29) is 12.3 Å². The minimum Gasteiger partial charge on any atom is -0.398 e. The van der Waals surface area contributed by atoms with E-state index in [1.807, 2.05) is 29.0 Å². The molecular formula is C15H20N4O. The van der Waals surface area contributed by atoms with Crippen molar-refractivity contribution in [3.8, 4) is 6.07 Å². The minimum absolute atomic E-state index is 0.156. The van der Waals surface area contributed by atoms with E-state index >= 15 is 0 Å². The monoisotopic (exact) mass is 272 g/mol. The van der Waals surface area contributed by atoms with E-state index in [9.17, 15) is 4.79 Å². The van der Waals surface area contributed by atoms with Crippen molar-refractivity contribution < 1.29 is 4.79 Å². The SMILES string of the molecule is CN(CC(=O)N1CCCC1)c1ccc(N)c(CC#N)c1. The first-order valence-corrected chi connectivity index (χ1v) is 6.86. The summed E-state index contributed by atoms with van der Waals surface area (Å²) < 4.78 is 0. The Morgan fingerprint density at radius 2 is 2.15 bits per heavy atom. The Morgan fingerprint density at radius 3 is 2.80 bits per heavy atom. The van der Waals surface area contributed by atoms with Gasteiger partial charge in [0, 0.05) is 31.5 Å². The molecule has 1 saturated heterocycles. The van der Waals surface area contributed by atoms with Crippen LogP contribution in [0.4, 0.5) is 11.4 Å². The van der Waals surface area contributed by atoms with Gasteiger partial charge in [0.15, 0.2) is 0 Å². The Labute approximate surface area is 119 Å². The van der Waals surface area contributed by atoms with Gasteiger partial charge in [0.2, 0.25) is 5.91 Å². The van der Waals surface area contributed by atoms with Crippen molar-refractivity contribution in [3.63, 3.8) is 0 Å². The van der Waals surface area contributed by atoms with E-state index in [0.717, 1.165) is 37.2 Å². The van der Waals surface area contributed by atoms with Crippen molar-refractivity contribution in [3.05, 3.63) is 23.8 Å². The Kier molecular flexibility index (Phi) is 4.46. The summed E-state index contributed by atoms with van der Waals surface area (Å²) in [4.78, 5) is 15.9. The number of carbonyl (C=O) groups is 1. The lowest BCUT2D eigenvalue weighted by atomic mass is 10.1. The number of nitriles is 1. The first-order chi connectivity index (χ1) is 9.61. The third kappa shape index (κ3) is 3.21. The number of likely N-dealkylation sites (N-methyl/N-ethyl adjacent to an activating group) is 1. The van der Waals surface area contributed by atoms with E-state index in [1.54, 1.807) is 6.07 Å². The molecule has 0 radical (unpaired) electrons. The Balaban J connectivity index is 2.05. The summed E-state index contributed by atoms with van der Waals surface area (Å²) in [6, 6.07) is 7.66. The third-order valence-corrected chi connectivity index (χ3v) is 3.67. The van der Waals surface area contributed by atoms with Gasteiger partial charge in [-0.3, -0.25) is 4.79 Å². The molecule has 1 fully saturated rings. The van der Waals surface area contributed by atoms with Crippen LogP contribution in [0.25, 0.3) is 0 Å². The van der Waals surface area contributed by atoms with Crippen molar-refractivity contribution in [2.75, 3.05) is 37.3 Å². The maximum Gasteiger partial charge on any atom is 0.242 e. The number of benzene rings is 1. The summed E-state index contributed by atoms with van der Waals surface area (Å²) in [7, 11) is 1.88. The van der Waals surface area contributed by atoms with Crippen LogP contribution in [-0.4, -0.2) is 37.5 Å². The fourth-order valence-corrected chi connectivity index (χ4v) is 2.43. The molecule has 0 aliphatic carbocycles. The number of hydrogen-bond acceptors (Lipinski definition) is 4. The first kappa shape index (κ1) is 14.2. The Hall–Kier alpha value is -2.22. The van der Waals surface area contributed by atoms with Crippen LogP contribution in [0.5, 0.6) is 0 Å².